The third-order valence-electron chi connectivity index (χ3n) is 11.6. The van der Waals surface area contributed by atoms with Crippen molar-refractivity contribution < 1.29 is 0 Å². The summed E-state index contributed by atoms with van der Waals surface area (Å²) in [6, 6.07) is 61.9. The molecule has 0 amide bonds. The fourth-order valence-corrected chi connectivity index (χ4v) is 9.35. The molecule has 0 spiro atoms. The van der Waals surface area contributed by atoms with Crippen LogP contribution in [0.5, 0.6) is 0 Å². The van der Waals surface area contributed by atoms with Crippen molar-refractivity contribution in [3.63, 3.8) is 0 Å². The maximum atomic E-state index is 5.43. The lowest BCUT2D eigenvalue weighted by molar-refractivity contribution is 0.768. The highest BCUT2D eigenvalue weighted by Crippen LogP contribution is 2.58. The molecule has 0 aliphatic heterocycles. The number of para-hydroxylation sites is 2. The highest BCUT2D eigenvalue weighted by molar-refractivity contribution is 6.08. The topological polar surface area (TPSA) is 74.3 Å². The second kappa shape index (κ2) is 12.1. The van der Waals surface area contributed by atoms with E-state index in [0.717, 1.165) is 60.6 Å². The minimum absolute atomic E-state index is 0.475. The van der Waals surface area contributed by atoms with Crippen LogP contribution in [-0.4, -0.2) is 34.1 Å². The predicted molar refractivity (Wildman–Crippen MR) is 227 cm³/mol. The molecular formula is C50H31N7. The molecule has 5 aromatic heterocycles. The molecule has 0 fully saturated rings. The van der Waals surface area contributed by atoms with Crippen molar-refractivity contribution >= 4 is 43.9 Å². The number of aromatic nitrogens is 7. The summed E-state index contributed by atoms with van der Waals surface area (Å²) in [5.74, 6) is 1.51. The lowest BCUT2D eigenvalue weighted by Crippen LogP contribution is -2.28. The standard InChI is InChI=1S/C50H31N7/c1-3-16-32(17-4-1)50(33-18-5-2-6-19-33)40-26-10-7-22-38(40)44-39(23-13-27-41(44)50)45-53-48(56-42-28-11-8-20-34(42)36-24-14-30-51-46(36)56)55-49(54-45)57-43-29-12-9-21-35(43)37-25-15-31-52-47(37)57/h1-31H. The Hall–Kier alpha value is -7.77. The summed E-state index contributed by atoms with van der Waals surface area (Å²) in [4.78, 5) is 26.0. The van der Waals surface area contributed by atoms with Crippen LogP contribution < -0.4 is 0 Å². The van der Waals surface area contributed by atoms with Gasteiger partial charge in [-0.2, -0.15) is 15.0 Å². The van der Waals surface area contributed by atoms with Crippen molar-refractivity contribution in [2.45, 2.75) is 5.41 Å². The van der Waals surface area contributed by atoms with Gasteiger partial charge in [0.25, 0.3) is 0 Å². The highest BCUT2D eigenvalue weighted by Gasteiger charge is 2.47. The smallest absolute Gasteiger partial charge is 0.241 e. The third-order valence-corrected chi connectivity index (χ3v) is 11.6. The van der Waals surface area contributed by atoms with E-state index < -0.39 is 5.41 Å². The normalized spacial score (nSPS) is 13.1. The van der Waals surface area contributed by atoms with Gasteiger partial charge in [-0.3, -0.25) is 9.13 Å². The van der Waals surface area contributed by atoms with E-state index in [2.05, 4.69) is 161 Å². The Balaban J connectivity index is 1.21. The second-order valence-electron chi connectivity index (χ2n) is 14.5. The first-order chi connectivity index (χ1) is 28.3. The average Bonchev–Trinajstić information content (AvgIpc) is 3.91. The van der Waals surface area contributed by atoms with Crippen molar-refractivity contribution in [1.29, 1.82) is 0 Å². The first kappa shape index (κ1) is 31.6. The molecule has 5 heterocycles. The lowest BCUT2D eigenvalue weighted by Gasteiger charge is -2.33. The second-order valence-corrected chi connectivity index (χ2v) is 14.5. The number of benzene rings is 6. The van der Waals surface area contributed by atoms with Gasteiger partial charge in [-0.25, -0.2) is 9.97 Å². The van der Waals surface area contributed by atoms with E-state index in [4.69, 9.17) is 24.9 Å². The van der Waals surface area contributed by atoms with Crippen molar-refractivity contribution in [1.82, 2.24) is 34.1 Å². The lowest BCUT2D eigenvalue weighted by atomic mass is 9.67. The molecule has 11 aromatic rings. The van der Waals surface area contributed by atoms with Crippen LogP contribution in [0.4, 0.5) is 0 Å². The first-order valence-corrected chi connectivity index (χ1v) is 19.1. The molecule has 0 atom stereocenters. The largest absolute Gasteiger partial charge is 0.262 e. The number of pyridine rings is 2. The van der Waals surface area contributed by atoms with Crippen molar-refractivity contribution in [3.05, 3.63) is 211 Å². The molecule has 266 valence electrons. The number of hydrogen-bond acceptors (Lipinski definition) is 5. The molecule has 6 aromatic carbocycles. The third kappa shape index (κ3) is 4.39. The van der Waals surface area contributed by atoms with Gasteiger partial charge < -0.3 is 0 Å². The Morgan fingerprint density at radius 3 is 1.44 bits per heavy atom. The molecule has 0 bridgehead atoms. The van der Waals surface area contributed by atoms with Gasteiger partial charge in [-0.05, 0) is 69.8 Å². The summed E-state index contributed by atoms with van der Waals surface area (Å²) in [7, 11) is 0. The van der Waals surface area contributed by atoms with Crippen LogP contribution in [0.15, 0.2) is 188 Å². The van der Waals surface area contributed by atoms with Gasteiger partial charge in [0, 0.05) is 39.5 Å². The van der Waals surface area contributed by atoms with Crippen LogP contribution in [-0.2, 0) is 5.41 Å². The molecule has 12 rings (SSSR count). The molecule has 0 saturated heterocycles. The van der Waals surface area contributed by atoms with Gasteiger partial charge in [-0.15, -0.1) is 0 Å². The highest BCUT2D eigenvalue weighted by atomic mass is 15.3. The number of fused-ring (bicyclic) bond motifs is 9. The summed E-state index contributed by atoms with van der Waals surface area (Å²) < 4.78 is 4.13. The maximum absolute atomic E-state index is 5.43. The minimum atomic E-state index is -0.573. The zero-order valence-electron chi connectivity index (χ0n) is 30.5. The average molecular weight is 730 g/mol. The molecule has 0 unspecified atom stereocenters. The molecular weight excluding hydrogens is 699 g/mol. The quantitative estimate of drug-likeness (QED) is 0.176. The molecule has 0 saturated carbocycles. The van der Waals surface area contributed by atoms with Crippen molar-refractivity contribution in [2.24, 2.45) is 0 Å². The van der Waals surface area contributed by atoms with E-state index in [0.29, 0.717) is 17.7 Å². The van der Waals surface area contributed by atoms with E-state index in [-0.39, 0.29) is 0 Å². The van der Waals surface area contributed by atoms with E-state index >= 15 is 0 Å². The van der Waals surface area contributed by atoms with Crippen LogP contribution in [0.2, 0.25) is 0 Å². The van der Waals surface area contributed by atoms with Gasteiger partial charge in [0.2, 0.25) is 11.9 Å². The predicted octanol–water partition coefficient (Wildman–Crippen LogP) is 10.9. The van der Waals surface area contributed by atoms with Crippen LogP contribution in [0.25, 0.3) is 78.3 Å². The molecule has 7 heteroatoms. The zero-order valence-corrected chi connectivity index (χ0v) is 30.5. The summed E-state index contributed by atoms with van der Waals surface area (Å²) in [6.07, 6.45) is 3.65. The SMILES string of the molecule is c1ccc(C2(c3ccccc3)c3ccccc3-c3c(-c4nc(-n5c6ccccc6c6cccnc65)nc(-n5c6ccccc6c6cccnc65)n4)cccc32)cc1. The number of hydrogen-bond donors (Lipinski definition) is 0. The minimum Gasteiger partial charge on any atom is -0.262 e. The Bertz CT molecular complexity index is 3090. The molecule has 7 nitrogen and oxygen atoms in total. The van der Waals surface area contributed by atoms with E-state index in [1.54, 1.807) is 0 Å². The monoisotopic (exact) mass is 729 g/mol. The molecule has 1 aliphatic rings. The van der Waals surface area contributed by atoms with Gasteiger partial charge in [0.15, 0.2) is 5.82 Å². The number of rotatable bonds is 5. The maximum Gasteiger partial charge on any atom is 0.241 e. The summed E-state index contributed by atoms with van der Waals surface area (Å²) in [5, 5.41) is 4.21. The van der Waals surface area contributed by atoms with Gasteiger partial charge in [-0.1, -0.05) is 140 Å². The van der Waals surface area contributed by atoms with Gasteiger partial charge in [0.1, 0.15) is 11.3 Å². The van der Waals surface area contributed by atoms with Crippen molar-refractivity contribution in [2.75, 3.05) is 0 Å². The van der Waals surface area contributed by atoms with Crippen LogP contribution in [0.3, 0.4) is 0 Å². The fraction of sp³-hybridized carbons (Fsp3) is 0.0200. The Labute approximate surface area is 327 Å². The van der Waals surface area contributed by atoms with Crippen LogP contribution in [0, 0.1) is 0 Å². The fourth-order valence-electron chi connectivity index (χ4n) is 9.35. The Kier molecular flexibility index (Phi) is 6.71. The Morgan fingerprint density at radius 2 is 0.842 bits per heavy atom. The van der Waals surface area contributed by atoms with Crippen LogP contribution >= 0.6 is 0 Å². The molecule has 0 radical (unpaired) electrons. The summed E-state index contributed by atoms with van der Waals surface area (Å²) in [6.45, 7) is 0. The van der Waals surface area contributed by atoms with E-state index in [9.17, 15) is 0 Å². The Morgan fingerprint density at radius 1 is 0.368 bits per heavy atom. The zero-order chi connectivity index (χ0) is 37.5. The van der Waals surface area contributed by atoms with E-state index in [1.165, 1.54) is 22.3 Å². The van der Waals surface area contributed by atoms with Gasteiger partial charge >= 0.3 is 0 Å². The first-order valence-electron chi connectivity index (χ1n) is 19.1. The van der Waals surface area contributed by atoms with Gasteiger partial charge in [0.05, 0.1) is 16.4 Å². The summed E-state index contributed by atoms with van der Waals surface area (Å²) >= 11 is 0. The van der Waals surface area contributed by atoms with Crippen LogP contribution in [0.1, 0.15) is 22.3 Å². The summed E-state index contributed by atoms with van der Waals surface area (Å²) in [5.41, 5.74) is 10.9. The molecule has 57 heavy (non-hydrogen) atoms. The molecule has 1 aliphatic carbocycles. The van der Waals surface area contributed by atoms with E-state index in [1.807, 2.05) is 36.7 Å². The molecule has 0 N–H and O–H groups in total. The van der Waals surface area contributed by atoms with Crippen molar-refractivity contribution in [3.8, 4) is 34.4 Å². The number of nitrogens with zero attached hydrogens (tertiary/aromatic N) is 7.